The molecule has 1 heterocycles. The monoisotopic (exact) mass is 655 g/mol. The molecule has 10 nitrogen and oxygen atoms in total. The van der Waals surface area contributed by atoms with Crippen LogP contribution in [-0.2, 0) is 25.2 Å². The number of alkyl halides is 3. The van der Waals surface area contributed by atoms with E-state index in [-0.39, 0.29) is 33.3 Å². The number of hydrogen-bond donors (Lipinski definition) is 0. The summed E-state index contributed by atoms with van der Waals surface area (Å²) in [5.74, 6) is -2.60. The number of para-hydroxylation sites is 1. The number of fused-ring (bicyclic) bond motifs is 1. The minimum atomic E-state index is -5.28. The van der Waals surface area contributed by atoms with E-state index in [2.05, 4.69) is 4.74 Å². The summed E-state index contributed by atoms with van der Waals surface area (Å²) in [5.41, 5.74) is -2.05. The number of halogens is 4. The van der Waals surface area contributed by atoms with Crippen molar-refractivity contribution in [2.45, 2.75) is 29.8 Å². The van der Waals surface area contributed by atoms with Crippen molar-refractivity contribution >= 4 is 39.1 Å². The van der Waals surface area contributed by atoms with Crippen LogP contribution in [0.1, 0.15) is 18.1 Å². The number of rotatable bonds is 9. The molecular weight excluding hydrogens is 627 g/mol. The minimum Gasteiger partial charge on any atom is -0.497 e. The second kappa shape index (κ2) is 11.8. The molecule has 0 aliphatic carbocycles. The normalized spacial score (nSPS) is 17.3. The van der Waals surface area contributed by atoms with Crippen molar-refractivity contribution in [3.8, 4) is 17.2 Å². The first-order valence-electron chi connectivity index (χ1n) is 12.9. The Morgan fingerprint density at radius 1 is 0.955 bits per heavy atom. The molecule has 2 amide bonds. The van der Waals surface area contributed by atoms with Gasteiger partial charge in [0.15, 0.2) is 11.3 Å². The van der Waals surface area contributed by atoms with Crippen LogP contribution in [0, 0.1) is 0 Å². The summed E-state index contributed by atoms with van der Waals surface area (Å²) in [6.07, 6.45) is -5.28. The number of hydrogen-bond acceptors (Lipinski definition) is 8. The number of ether oxygens (including phenoxy) is 3. The number of nitrogens with zero attached hydrogens (tertiary/aromatic N) is 3. The number of anilines is 1. The zero-order valence-electron chi connectivity index (χ0n) is 24.5. The first-order valence-corrected chi connectivity index (χ1v) is 14.7. The van der Waals surface area contributed by atoms with Gasteiger partial charge in [0.1, 0.15) is 16.4 Å². The SMILES string of the molecule is COc1ccc(S(=O)(=O)N2C(=O)C(c3ccccc3OC)(N(C)[C@@H](C)C(=O)N(C)C)c3cc(Cl)ccc32)c(OC(F)(F)F)c1. The van der Waals surface area contributed by atoms with Gasteiger partial charge in [-0.05, 0) is 50.4 Å². The van der Waals surface area contributed by atoms with E-state index in [0.29, 0.717) is 4.31 Å². The van der Waals surface area contributed by atoms with Crippen molar-refractivity contribution in [3.05, 3.63) is 76.8 Å². The fraction of sp³-hybridized carbons (Fsp3) is 0.310. The fourth-order valence-electron chi connectivity index (χ4n) is 5.28. The van der Waals surface area contributed by atoms with Gasteiger partial charge < -0.3 is 19.1 Å². The molecular formula is C29H29ClF3N3O7S. The number of sulfonamides is 1. The first kappa shape index (κ1) is 32.9. The van der Waals surface area contributed by atoms with Crippen molar-refractivity contribution in [3.63, 3.8) is 0 Å². The van der Waals surface area contributed by atoms with Gasteiger partial charge in [-0.1, -0.05) is 29.8 Å². The molecule has 0 radical (unpaired) electrons. The maximum atomic E-state index is 14.9. The third-order valence-corrected chi connectivity index (χ3v) is 9.33. The Labute approximate surface area is 257 Å². The highest BCUT2D eigenvalue weighted by molar-refractivity contribution is 7.93. The van der Waals surface area contributed by atoms with Gasteiger partial charge in [-0.3, -0.25) is 14.5 Å². The van der Waals surface area contributed by atoms with Gasteiger partial charge in [-0.25, -0.2) is 12.7 Å². The van der Waals surface area contributed by atoms with Gasteiger partial charge in [0.25, 0.3) is 15.9 Å². The average molecular weight is 656 g/mol. The third-order valence-electron chi connectivity index (χ3n) is 7.36. The Kier molecular flexibility index (Phi) is 8.84. The Morgan fingerprint density at radius 3 is 2.20 bits per heavy atom. The zero-order chi connectivity index (χ0) is 32.8. The number of amides is 2. The van der Waals surface area contributed by atoms with Gasteiger partial charge in [-0.2, -0.15) is 0 Å². The van der Waals surface area contributed by atoms with E-state index >= 15 is 0 Å². The molecule has 0 fully saturated rings. The summed E-state index contributed by atoms with van der Waals surface area (Å²) < 4.78 is 84.1. The Bertz CT molecular complexity index is 1720. The highest BCUT2D eigenvalue weighted by Crippen LogP contribution is 2.53. The molecule has 0 saturated carbocycles. The molecule has 236 valence electrons. The van der Waals surface area contributed by atoms with Gasteiger partial charge in [0, 0.05) is 36.3 Å². The molecule has 0 spiro atoms. The molecule has 4 rings (SSSR count). The van der Waals surface area contributed by atoms with Gasteiger partial charge in [0.05, 0.1) is 25.9 Å². The number of carbonyl (C=O) groups is 2. The molecule has 1 aliphatic heterocycles. The molecule has 1 aliphatic rings. The van der Waals surface area contributed by atoms with E-state index in [4.69, 9.17) is 21.1 Å². The van der Waals surface area contributed by atoms with Crippen LogP contribution in [0.2, 0.25) is 5.02 Å². The van der Waals surface area contributed by atoms with Gasteiger partial charge in [-0.15, -0.1) is 13.2 Å². The van der Waals surface area contributed by atoms with Crippen LogP contribution in [0.3, 0.4) is 0 Å². The van der Waals surface area contributed by atoms with Crippen LogP contribution in [0.5, 0.6) is 17.2 Å². The summed E-state index contributed by atoms with van der Waals surface area (Å²) in [5, 5.41) is 0.126. The van der Waals surface area contributed by atoms with Gasteiger partial charge >= 0.3 is 6.36 Å². The lowest BCUT2D eigenvalue weighted by molar-refractivity contribution is -0.275. The summed E-state index contributed by atoms with van der Waals surface area (Å²) in [6, 6.07) is 12.0. The van der Waals surface area contributed by atoms with Crippen molar-refractivity contribution in [2.24, 2.45) is 0 Å². The van der Waals surface area contributed by atoms with E-state index in [9.17, 15) is 31.2 Å². The van der Waals surface area contributed by atoms with E-state index < -0.39 is 50.4 Å². The average Bonchev–Trinajstić information content (AvgIpc) is 3.23. The Balaban J connectivity index is 2.09. The number of carbonyl (C=O) groups excluding carboxylic acids is 2. The van der Waals surface area contributed by atoms with Crippen molar-refractivity contribution in [1.29, 1.82) is 0 Å². The second-order valence-electron chi connectivity index (χ2n) is 10.0. The summed E-state index contributed by atoms with van der Waals surface area (Å²) in [7, 11) is 1.89. The highest BCUT2D eigenvalue weighted by atomic mass is 35.5. The predicted octanol–water partition coefficient (Wildman–Crippen LogP) is 4.64. The molecule has 0 N–H and O–H groups in total. The summed E-state index contributed by atoms with van der Waals surface area (Å²) in [6.45, 7) is 1.53. The Morgan fingerprint density at radius 2 is 1.61 bits per heavy atom. The second-order valence-corrected chi connectivity index (χ2v) is 12.2. The molecule has 3 aromatic rings. The summed E-state index contributed by atoms with van der Waals surface area (Å²) >= 11 is 6.40. The minimum absolute atomic E-state index is 0.0517. The first-order chi connectivity index (χ1) is 20.5. The van der Waals surface area contributed by atoms with E-state index in [1.165, 1.54) is 76.4 Å². The van der Waals surface area contributed by atoms with Crippen LogP contribution < -0.4 is 18.5 Å². The van der Waals surface area contributed by atoms with Gasteiger partial charge in [0.2, 0.25) is 5.91 Å². The van der Waals surface area contributed by atoms with E-state index in [1.807, 2.05) is 0 Å². The predicted molar refractivity (Wildman–Crippen MR) is 155 cm³/mol. The van der Waals surface area contributed by atoms with E-state index in [1.54, 1.807) is 18.2 Å². The zero-order valence-corrected chi connectivity index (χ0v) is 26.0. The van der Waals surface area contributed by atoms with Crippen molar-refractivity contribution in [1.82, 2.24) is 9.80 Å². The van der Waals surface area contributed by atoms with Crippen LogP contribution in [0.25, 0.3) is 0 Å². The molecule has 0 bridgehead atoms. The number of likely N-dealkylation sites (N-methyl/N-ethyl adjacent to an activating group) is 2. The van der Waals surface area contributed by atoms with E-state index in [0.717, 1.165) is 18.2 Å². The van der Waals surface area contributed by atoms with Crippen LogP contribution in [-0.4, -0.2) is 77.8 Å². The van der Waals surface area contributed by atoms with Crippen molar-refractivity contribution in [2.75, 3.05) is 39.7 Å². The smallest absolute Gasteiger partial charge is 0.497 e. The van der Waals surface area contributed by atoms with Crippen molar-refractivity contribution < 1.29 is 45.4 Å². The molecule has 1 unspecified atom stereocenters. The maximum absolute atomic E-state index is 14.9. The topological polar surface area (TPSA) is 106 Å². The lowest BCUT2D eigenvalue weighted by atomic mass is 9.80. The highest BCUT2D eigenvalue weighted by Gasteiger charge is 2.61. The Hall–Kier alpha value is -4.01. The molecule has 3 aromatic carbocycles. The molecule has 0 saturated heterocycles. The largest absolute Gasteiger partial charge is 0.573 e. The molecule has 0 aromatic heterocycles. The third kappa shape index (κ3) is 5.41. The lowest BCUT2D eigenvalue weighted by Crippen LogP contribution is -2.59. The number of methoxy groups -OCH3 is 2. The number of benzene rings is 3. The molecule has 44 heavy (non-hydrogen) atoms. The van der Waals surface area contributed by atoms with Crippen LogP contribution in [0.4, 0.5) is 18.9 Å². The lowest BCUT2D eigenvalue weighted by Gasteiger charge is -2.42. The summed E-state index contributed by atoms with van der Waals surface area (Å²) in [4.78, 5) is 29.9. The standard InChI is InChI=1S/C29H29ClF3N3O7S/c1-17(26(37)34(2)3)35(4)28(20-9-7-8-10-23(20)42-6)21-15-18(30)11-13-22(21)36(27(28)38)44(39,40)25-14-12-19(41-5)16-24(25)43-29(31,32)33/h7-17H,1-6H3/t17-,28?/m0/s1. The maximum Gasteiger partial charge on any atom is 0.573 e. The fourth-order valence-corrected chi connectivity index (χ4v) is 7.01. The quantitative estimate of drug-likeness (QED) is 0.328. The van der Waals surface area contributed by atoms with Crippen LogP contribution >= 0.6 is 11.6 Å². The molecule has 2 atom stereocenters. The van der Waals surface area contributed by atoms with Crippen LogP contribution in [0.15, 0.2) is 65.6 Å². The molecule has 15 heteroatoms.